The number of hydrazone groups is 1. The summed E-state index contributed by atoms with van der Waals surface area (Å²) in [6.07, 6.45) is 1.35. The highest BCUT2D eigenvalue weighted by atomic mass is 19.1. The van der Waals surface area contributed by atoms with Crippen LogP contribution in [-0.4, -0.2) is 21.1 Å². The maximum Gasteiger partial charge on any atom is 0.263 e. The Morgan fingerprint density at radius 3 is 2.82 bits per heavy atom. The van der Waals surface area contributed by atoms with Gasteiger partial charge in [-0.25, -0.2) is 14.5 Å². The largest absolute Gasteiger partial charge is 0.335 e. The zero-order valence-electron chi connectivity index (χ0n) is 9.13. The fraction of sp³-hybridized carbons (Fsp3) is 0.100. The summed E-state index contributed by atoms with van der Waals surface area (Å²) < 4.78 is 14.5. The first-order valence-electron chi connectivity index (χ1n) is 4.89. The van der Waals surface area contributed by atoms with Crippen LogP contribution in [0.2, 0.25) is 0 Å². The van der Waals surface area contributed by atoms with Crippen LogP contribution >= 0.6 is 0 Å². The minimum absolute atomic E-state index is 0.287. The molecule has 0 radical (unpaired) electrons. The molecule has 0 unspecified atom stereocenters. The second kappa shape index (κ2) is 4.60. The number of nitrogens with one attached hydrogen (secondary N) is 1. The molecule has 2 aromatic rings. The molecule has 0 saturated carbocycles. The minimum Gasteiger partial charge on any atom is -0.335 e. The first-order chi connectivity index (χ1) is 8.18. The van der Waals surface area contributed by atoms with E-state index in [1.165, 1.54) is 17.0 Å². The van der Waals surface area contributed by atoms with E-state index < -0.39 is 0 Å². The number of nitrogen functional groups attached to an aromatic ring is 1. The molecule has 0 saturated heterocycles. The van der Waals surface area contributed by atoms with Crippen LogP contribution in [0.4, 0.5) is 10.3 Å². The third-order valence-electron chi connectivity index (χ3n) is 2.14. The molecule has 6 nitrogen and oxygen atoms in total. The Balaban J connectivity index is 2.08. The van der Waals surface area contributed by atoms with Crippen LogP contribution in [0.3, 0.4) is 0 Å². The number of benzene rings is 1. The van der Waals surface area contributed by atoms with Crippen LogP contribution in [0.5, 0.6) is 0 Å². The summed E-state index contributed by atoms with van der Waals surface area (Å²) >= 11 is 0. The Kier molecular flexibility index (Phi) is 2.99. The first-order valence-corrected chi connectivity index (χ1v) is 4.89. The van der Waals surface area contributed by atoms with Gasteiger partial charge < -0.3 is 5.84 Å². The van der Waals surface area contributed by atoms with Crippen molar-refractivity contribution in [3.05, 3.63) is 41.5 Å². The maximum atomic E-state index is 13.2. The topological polar surface area (TPSA) is 81.1 Å². The van der Waals surface area contributed by atoms with Crippen molar-refractivity contribution in [2.75, 3.05) is 11.3 Å². The van der Waals surface area contributed by atoms with Gasteiger partial charge in [-0.1, -0.05) is 18.2 Å². The molecule has 0 fully saturated rings. The molecule has 0 aliphatic rings. The SMILES string of the molecule is Cc1nnc(N/N=C/c2ccccc2F)n1N. The number of halogens is 1. The normalized spacial score (nSPS) is 10.9. The molecule has 0 amide bonds. The van der Waals surface area contributed by atoms with Gasteiger partial charge in [0, 0.05) is 5.56 Å². The standard InChI is InChI=1S/C10H11FN6/c1-7-14-16-10(17(7)12)15-13-6-8-4-2-3-5-9(8)11/h2-6H,12H2,1H3,(H,15,16)/b13-6+. The Morgan fingerprint density at radius 2 is 2.18 bits per heavy atom. The first kappa shape index (κ1) is 11.1. The van der Waals surface area contributed by atoms with Crippen molar-refractivity contribution in [2.45, 2.75) is 6.92 Å². The molecule has 88 valence electrons. The van der Waals surface area contributed by atoms with E-state index in [2.05, 4.69) is 20.7 Å². The molecule has 1 aromatic heterocycles. The van der Waals surface area contributed by atoms with E-state index in [9.17, 15) is 4.39 Å². The number of hydrogen-bond donors (Lipinski definition) is 2. The molecule has 0 aliphatic carbocycles. The number of hydrogen-bond acceptors (Lipinski definition) is 5. The summed E-state index contributed by atoms with van der Waals surface area (Å²) in [5, 5.41) is 11.3. The molecule has 1 heterocycles. The number of nitrogens with zero attached hydrogens (tertiary/aromatic N) is 4. The summed E-state index contributed by atoms with van der Waals surface area (Å²) in [6, 6.07) is 6.30. The summed E-state index contributed by atoms with van der Waals surface area (Å²) in [7, 11) is 0. The van der Waals surface area contributed by atoms with Gasteiger partial charge in [0.15, 0.2) is 5.82 Å². The van der Waals surface area contributed by atoms with Crippen LogP contribution in [0.15, 0.2) is 29.4 Å². The van der Waals surface area contributed by atoms with Gasteiger partial charge >= 0.3 is 0 Å². The smallest absolute Gasteiger partial charge is 0.263 e. The van der Waals surface area contributed by atoms with Gasteiger partial charge in [-0.15, -0.1) is 10.2 Å². The van der Waals surface area contributed by atoms with Crippen LogP contribution in [0, 0.1) is 12.7 Å². The molecule has 3 N–H and O–H groups in total. The molecule has 0 aliphatic heterocycles. The maximum absolute atomic E-state index is 13.2. The summed E-state index contributed by atoms with van der Waals surface area (Å²) in [5.41, 5.74) is 2.95. The summed E-state index contributed by atoms with van der Waals surface area (Å²) in [5.74, 6) is 6.09. The van der Waals surface area contributed by atoms with Gasteiger partial charge in [0.05, 0.1) is 6.21 Å². The number of aryl methyl sites for hydroxylation is 1. The quantitative estimate of drug-likeness (QED) is 0.469. The molecule has 0 spiro atoms. The molecule has 17 heavy (non-hydrogen) atoms. The second-order valence-corrected chi connectivity index (χ2v) is 3.33. The monoisotopic (exact) mass is 234 g/mol. The molecule has 0 atom stereocenters. The van der Waals surface area contributed by atoms with Gasteiger partial charge in [-0.05, 0) is 13.0 Å². The third-order valence-corrected chi connectivity index (χ3v) is 2.14. The number of nitrogens with two attached hydrogens (primary N) is 1. The summed E-state index contributed by atoms with van der Waals surface area (Å²) in [4.78, 5) is 0. The Bertz CT molecular complexity index is 547. The van der Waals surface area contributed by atoms with Gasteiger partial charge in [0.2, 0.25) is 0 Å². The van der Waals surface area contributed by atoms with E-state index >= 15 is 0 Å². The Morgan fingerprint density at radius 1 is 1.41 bits per heavy atom. The van der Waals surface area contributed by atoms with Crippen molar-refractivity contribution < 1.29 is 4.39 Å². The van der Waals surface area contributed by atoms with Crippen molar-refractivity contribution in [3.8, 4) is 0 Å². The Hall–Kier alpha value is -2.44. The predicted octanol–water partition coefficient (Wildman–Crippen LogP) is 0.885. The van der Waals surface area contributed by atoms with Gasteiger partial charge in [-0.2, -0.15) is 5.10 Å². The fourth-order valence-electron chi connectivity index (χ4n) is 1.18. The van der Waals surface area contributed by atoms with Crippen molar-refractivity contribution in [1.82, 2.24) is 14.9 Å². The van der Waals surface area contributed by atoms with E-state index in [0.717, 1.165) is 0 Å². The van der Waals surface area contributed by atoms with Crippen LogP contribution in [0.25, 0.3) is 0 Å². The van der Waals surface area contributed by atoms with Crippen molar-refractivity contribution in [2.24, 2.45) is 5.10 Å². The van der Waals surface area contributed by atoms with Crippen LogP contribution in [0.1, 0.15) is 11.4 Å². The highest BCUT2D eigenvalue weighted by Gasteiger charge is 2.03. The average Bonchev–Trinajstić information content (AvgIpc) is 2.63. The second-order valence-electron chi connectivity index (χ2n) is 3.33. The lowest BCUT2D eigenvalue weighted by Gasteiger charge is -1.99. The molecule has 0 bridgehead atoms. The van der Waals surface area contributed by atoms with Gasteiger partial charge in [0.25, 0.3) is 5.95 Å². The average molecular weight is 234 g/mol. The lowest BCUT2D eigenvalue weighted by Crippen LogP contribution is -2.13. The lowest BCUT2D eigenvalue weighted by atomic mass is 10.2. The molecule has 2 rings (SSSR count). The molecular weight excluding hydrogens is 223 g/mol. The number of rotatable bonds is 3. The van der Waals surface area contributed by atoms with Crippen LogP contribution in [-0.2, 0) is 0 Å². The molecule has 7 heteroatoms. The van der Waals surface area contributed by atoms with E-state index in [1.54, 1.807) is 25.1 Å². The number of aromatic nitrogens is 3. The van der Waals surface area contributed by atoms with Gasteiger partial charge in [0.1, 0.15) is 5.82 Å². The predicted molar refractivity (Wildman–Crippen MR) is 62.5 cm³/mol. The zero-order chi connectivity index (χ0) is 12.3. The highest BCUT2D eigenvalue weighted by molar-refractivity contribution is 5.80. The molecule has 1 aromatic carbocycles. The third kappa shape index (κ3) is 2.39. The van der Waals surface area contributed by atoms with Crippen molar-refractivity contribution in [1.29, 1.82) is 0 Å². The highest BCUT2D eigenvalue weighted by Crippen LogP contribution is 2.04. The van der Waals surface area contributed by atoms with E-state index in [-0.39, 0.29) is 11.8 Å². The number of anilines is 1. The van der Waals surface area contributed by atoms with Crippen molar-refractivity contribution >= 4 is 12.2 Å². The van der Waals surface area contributed by atoms with E-state index in [0.29, 0.717) is 11.4 Å². The fourth-order valence-corrected chi connectivity index (χ4v) is 1.18. The Labute approximate surface area is 96.9 Å². The van der Waals surface area contributed by atoms with Crippen molar-refractivity contribution in [3.63, 3.8) is 0 Å². The summed E-state index contributed by atoms with van der Waals surface area (Å²) in [6.45, 7) is 1.71. The minimum atomic E-state index is -0.344. The molecular formula is C10H11FN6. The van der Waals surface area contributed by atoms with E-state index in [4.69, 9.17) is 5.84 Å². The lowest BCUT2D eigenvalue weighted by molar-refractivity contribution is 0.626. The van der Waals surface area contributed by atoms with Crippen LogP contribution < -0.4 is 11.3 Å². The zero-order valence-corrected chi connectivity index (χ0v) is 9.13. The van der Waals surface area contributed by atoms with E-state index in [1.807, 2.05) is 0 Å². The van der Waals surface area contributed by atoms with Gasteiger partial charge in [-0.3, -0.25) is 0 Å².